The number of rotatable bonds is 2. The van der Waals surface area contributed by atoms with Gasteiger partial charge < -0.3 is 0 Å². The summed E-state index contributed by atoms with van der Waals surface area (Å²) < 4.78 is 0. The first-order valence-corrected chi connectivity index (χ1v) is 5.55. The lowest BCUT2D eigenvalue weighted by Gasteiger charge is -2.43. The predicted molar refractivity (Wildman–Crippen MR) is 64.6 cm³/mol. The van der Waals surface area contributed by atoms with Crippen LogP contribution < -0.4 is 0 Å². The zero-order valence-corrected chi connectivity index (χ0v) is 10.1. The van der Waals surface area contributed by atoms with Crippen LogP contribution in [0.3, 0.4) is 0 Å². The molecule has 14 heavy (non-hydrogen) atoms. The van der Waals surface area contributed by atoms with Crippen LogP contribution in [0.2, 0.25) is 0 Å². The zero-order valence-electron chi connectivity index (χ0n) is 9.31. The van der Waals surface area contributed by atoms with Gasteiger partial charge in [-0.25, -0.2) is 0 Å². The maximum absolute atomic E-state index is 6.13. The van der Waals surface area contributed by atoms with E-state index in [1.54, 1.807) is 0 Å². The summed E-state index contributed by atoms with van der Waals surface area (Å²) in [5.41, 5.74) is 1.55. The molecule has 1 atom stereocenters. The number of hydrogen-bond acceptors (Lipinski definition) is 0. The smallest absolute Gasteiger partial charge is 0.0322 e. The summed E-state index contributed by atoms with van der Waals surface area (Å²) in [5.74, 6) is 0.665. The molecule has 0 fully saturated rings. The lowest BCUT2D eigenvalue weighted by atomic mass is 9.63. The average Bonchev–Trinajstić information content (AvgIpc) is 2.16. The Morgan fingerprint density at radius 3 is 2.64 bits per heavy atom. The molecule has 0 aromatic carbocycles. The van der Waals surface area contributed by atoms with Crippen molar-refractivity contribution in [3.8, 4) is 0 Å². The minimum absolute atomic E-state index is 0.0762. The Kier molecular flexibility index (Phi) is 3.26. The van der Waals surface area contributed by atoms with Crippen LogP contribution in [0, 0.1) is 10.8 Å². The van der Waals surface area contributed by atoms with Crippen LogP contribution in [0.4, 0.5) is 0 Å². The fourth-order valence-electron chi connectivity index (χ4n) is 1.79. The third kappa shape index (κ3) is 1.95. The Bertz CT molecular complexity index is 278. The van der Waals surface area contributed by atoms with Crippen LogP contribution in [-0.2, 0) is 0 Å². The second-order valence-electron chi connectivity index (χ2n) is 5.02. The lowest BCUT2D eigenvalue weighted by molar-refractivity contribution is 0.171. The highest BCUT2D eigenvalue weighted by Gasteiger charge is 2.39. The standard InChI is InChI=1S/C13H19Cl/c1-5-11-7-6-8-13(9-11,10-14)12(2,3)4/h5-8H,1,9-10H2,2-4H3. The van der Waals surface area contributed by atoms with E-state index in [0.717, 1.165) is 6.42 Å². The minimum atomic E-state index is 0.0762. The van der Waals surface area contributed by atoms with Gasteiger partial charge in [0.05, 0.1) is 0 Å². The molecular formula is C13H19Cl. The Morgan fingerprint density at radius 2 is 2.21 bits per heavy atom. The van der Waals surface area contributed by atoms with E-state index in [-0.39, 0.29) is 10.8 Å². The molecule has 0 heterocycles. The highest BCUT2D eigenvalue weighted by molar-refractivity contribution is 6.18. The van der Waals surface area contributed by atoms with Gasteiger partial charge in [-0.2, -0.15) is 0 Å². The maximum Gasteiger partial charge on any atom is 0.0322 e. The van der Waals surface area contributed by atoms with E-state index in [0.29, 0.717) is 5.88 Å². The second kappa shape index (κ2) is 3.94. The van der Waals surface area contributed by atoms with Gasteiger partial charge in [-0.1, -0.05) is 51.7 Å². The number of allylic oxidation sites excluding steroid dienone is 5. The van der Waals surface area contributed by atoms with E-state index in [1.807, 2.05) is 6.08 Å². The summed E-state index contributed by atoms with van der Waals surface area (Å²) in [7, 11) is 0. The van der Waals surface area contributed by atoms with Gasteiger partial charge in [0.15, 0.2) is 0 Å². The Labute approximate surface area is 92.3 Å². The molecule has 0 nitrogen and oxygen atoms in total. The van der Waals surface area contributed by atoms with Crippen molar-refractivity contribution in [1.82, 2.24) is 0 Å². The molecule has 0 aliphatic heterocycles. The molecule has 1 unspecified atom stereocenters. The van der Waals surface area contributed by atoms with E-state index in [1.165, 1.54) is 5.57 Å². The summed E-state index contributed by atoms with van der Waals surface area (Å²) in [4.78, 5) is 0. The van der Waals surface area contributed by atoms with Gasteiger partial charge in [-0.15, -0.1) is 11.6 Å². The van der Waals surface area contributed by atoms with Gasteiger partial charge in [0.1, 0.15) is 0 Å². The van der Waals surface area contributed by atoms with E-state index in [9.17, 15) is 0 Å². The highest BCUT2D eigenvalue weighted by Crippen LogP contribution is 2.47. The molecule has 1 heteroatoms. The number of halogens is 1. The van der Waals surface area contributed by atoms with Crippen LogP contribution in [0.15, 0.2) is 36.5 Å². The summed E-state index contributed by atoms with van der Waals surface area (Å²) in [6.45, 7) is 10.5. The summed E-state index contributed by atoms with van der Waals surface area (Å²) >= 11 is 6.13. The summed E-state index contributed by atoms with van der Waals surface area (Å²) in [6, 6.07) is 0. The normalized spacial score (nSPS) is 27.3. The Hall–Kier alpha value is -0.490. The van der Waals surface area contributed by atoms with E-state index < -0.39 is 0 Å². The lowest BCUT2D eigenvalue weighted by Crippen LogP contribution is -2.37. The van der Waals surface area contributed by atoms with Crippen molar-refractivity contribution >= 4 is 11.6 Å². The van der Waals surface area contributed by atoms with Gasteiger partial charge >= 0.3 is 0 Å². The monoisotopic (exact) mass is 210 g/mol. The van der Waals surface area contributed by atoms with E-state index >= 15 is 0 Å². The summed E-state index contributed by atoms with van der Waals surface area (Å²) in [6.07, 6.45) is 9.39. The third-order valence-electron chi connectivity index (χ3n) is 3.24. The average molecular weight is 211 g/mol. The Morgan fingerprint density at radius 1 is 1.57 bits per heavy atom. The van der Waals surface area contributed by atoms with Crippen LogP contribution in [-0.4, -0.2) is 5.88 Å². The quantitative estimate of drug-likeness (QED) is 0.596. The number of hydrogen-bond donors (Lipinski definition) is 0. The van der Waals surface area contributed by atoms with Crippen LogP contribution in [0.25, 0.3) is 0 Å². The van der Waals surface area contributed by atoms with Gasteiger partial charge in [0, 0.05) is 11.3 Å². The SMILES string of the molecule is C=CC1=CC=CC(CCl)(C(C)(C)C)C1. The fraction of sp³-hybridized carbons (Fsp3) is 0.538. The molecule has 1 rings (SSSR count). The molecule has 0 saturated carbocycles. The highest BCUT2D eigenvalue weighted by atomic mass is 35.5. The van der Waals surface area contributed by atoms with Gasteiger partial charge in [0.2, 0.25) is 0 Å². The molecule has 1 aliphatic carbocycles. The Balaban J connectivity index is 3.01. The van der Waals surface area contributed by atoms with E-state index in [2.05, 4.69) is 45.6 Å². The minimum Gasteiger partial charge on any atom is -0.126 e. The molecule has 0 amide bonds. The zero-order chi connectivity index (χ0) is 10.8. The first kappa shape index (κ1) is 11.6. The van der Waals surface area contributed by atoms with Gasteiger partial charge in [-0.05, 0) is 17.4 Å². The van der Waals surface area contributed by atoms with Crippen molar-refractivity contribution < 1.29 is 0 Å². The van der Waals surface area contributed by atoms with Crippen molar-refractivity contribution in [3.05, 3.63) is 36.5 Å². The van der Waals surface area contributed by atoms with Crippen LogP contribution in [0.1, 0.15) is 27.2 Å². The molecule has 0 saturated heterocycles. The molecule has 0 bridgehead atoms. The summed E-state index contributed by atoms with van der Waals surface area (Å²) in [5, 5.41) is 0. The van der Waals surface area contributed by atoms with Crippen molar-refractivity contribution in [1.29, 1.82) is 0 Å². The second-order valence-corrected chi connectivity index (χ2v) is 5.29. The molecule has 1 aliphatic rings. The molecular weight excluding hydrogens is 192 g/mol. The topological polar surface area (TPSA) is 0 Å². The fourth-order valence-corrected chi connectivity index (χ4v) is 2.37. The number of alkyl halides is 1. The van der Waals surface area contributed by atoms with Crippen LogP contribution in [0.5, 0.6) is 0 Å². The molecule has 78 valence electrons. The molecule has 0 N–H and O–H groups in total. The van der Waals surface area contributed by atoms with Crippen molar-refractivity contribution in [2.24, 2.45) is 10.8 Å². The molecule has 0 aromatic rings. The van der Waals surface area contributed by atoms with Crippen LogP contribution >= 0.6 is 11.6 Å². The first-order valence-electron chi connectivity index (χ1n) is 5.02. The molecule has 0 radical (unpaired) electrons. The predicted octanol–water partition coefficient (Wildman–Crippen LogP) is 4.33. The van der Waals surface area contributed by atoms with E-state index in [4.69, 9.17) is 11.6 Å². The largest absolute Gasteiger partial charge is 0.126 e. The molecule has 0 spiro atoms. The van der Waals surface area contributed by atoms with Crippen molar-refractivity contribution in [3.63, 3.8) is 0 Å². The van der Waals surface area contributed by atoms with Gasteiger partial charge in [0.25, 0.3) is 0 Å². The molecule has 0 aromatic heterocycles. The first-order chi connectivity index (χ1) is 6.45. The van der Waals surface area contributed by atoms with Crippen molar-refractivity contribution in [2.75, 3.05) is 5.88 Å². The maximum atomic E-state index is 6.13. The van der Waals surface area contributed by atoms with Crippen molar-refractivity contribution in [2.45, 2.75) is 27.2 Å². The van der Waals surface area contributed by atoms with Gasteiger partial charge in [-0.3, -0.25) is 0 Å². The third-order valence-corrected chi connectivity index (χ3v) is 3.72.